The van der Waals surface area contributed by atoms with Crippen LogP contribution in [0.1, 0.15) is 15.9 Å². The number of nitrogens with zero attached hydrogens (tertiary/aromatic N) is 1. The van der Waals surface area contributed by atoms with Gasteiger partial charge in [-0.25, -0.2) is 13.6 Å². The second-order valence-corrected chi connectivity index (χ2v) is 3.62. The Morgan fingerprint density at radius 2 is 2.00 bits per heavy atom. The van der Waals surface area contributed by atoms with E-state index < -0.39 is 23.2 Å². The van der Waals surface area contributed by atoms with Gasteiger partial charge in [0.25, 0.3) is 0 Å². The molecule has 0 saturated heterocycles. The number of rotatable bonds is 3. The highest BCUT2D eigenvalue weighted by molar-refractivity contribution is 5.90. The largest absolute Gasteiger partial charge is 0.465 e. The van der Waals surface area contributed by atoms with Gasteiger partial charge in [-0.1, -0.05) is 6.07 Å². The number of carbonyl (C=O) groups excluding carboxylic acids is 1. The first-order valence-corrected chi connectivity index (χ1v) is 4.67. The molecule has 88 valence electrons. The maximum Gasteiger partial charge on any atom is 0.343 e. The average molecular weight is 229 g/mol. The fourth-order valence-corrected chi connectivity index (χ4v) is 1.35. The van der Waals surface area contributed by atoms with Gasteiger partial charge in [-0.15, -0.1) is 0 Å². The molecule has 16 heavy (non-hydrogen) atoms. The number of ether oxygens (including phenoxy) is 1. The number of esters is 1. The number of halogens is 2. The summed E-state index contributed by atoms with van der Waals surface area (Å²) < 4.78 is 31.3. The van der Waals surface area contributed by atoms with Crippen molar-refractivity contribution in [1.29, 1.82) is 0 Å². The van der Waals surface area contributed by atoms with E-state index in [9.17, 15) is 13.6 Å². The minimum Gasteiger partial charge on any atom is -0.465 e. The minimum atomic E-state index is -1.00. The molecule has 0 unspecified atom stereocenters. The van der Waals surface area contributed by atoms with E-state index in [2.05, 4.69) is 4.74 Å². The molecule has 1 aromatic rings. The SMILES string of the molecule is COC(=O)c1c(F)ccc(CN(C)C)c1F. The van der Waals surface area contributed by atoms with Gasteiger partial charge in [0.05, 0.1) is 7.11 Å². The second-order valence-electron chi connectivity index (χ2n) is 3.62. The lowest BCUT2D eigenvalue weighted by Crippen LogP contribution is -2.15. The van der Waals surface area contributed by atoms with Crippen LogP contribution in [0, 0.1) is 11.6 Å². The van der Waals surface area contributed by atoms with Crippen LogP contribution < -0.4 is 0 Å². The smallest absolute Gasteiger partial charge is 0.343 e. The van der Waals surface area contributed by atoms with E-state index in [0.717, 1.165) is 13.2 Å². The van der Waals surface area contributed by atoms with Crippen LogP contribution >= 0.6 is 0 Å². The lowest BCUT2D eigenvalue weighted by atomic mass is 10.1. The van der Waals surface area contributed by atoms with Gasteiger partial charge >= 0.3 is 5.97 Å². The van der Waals surface area contributed by atoms with Crippen molar-refractivity contribution >= 4 is 5.97 Å². The summed E-state index contributed by atoms with van der Waals surface area (Å²) in [6.45, 7) is 0.288. The highest BCUT2D eigenvalue weighted by Gasteiger charge is 2.20. The Balaban J connectivity index is 3.21. The zero-order valence-electron chi connectivity index (χ0n) is 9.38. The van der Waals surface area contributed by atoms with Gasteiger partial charge in [0, 0.05) is 12.1 Å². The summed E-state index contributed by atoms with van der Waals surface area (Å²) in [7, 11) is 4.58. The quantitative estimate of drug-likeness (QED) is 0.740. The molecule has 0 aromatic heterocycles. The third-order valence-corrected chi connectivity index (χ3v) is 2.05. The molecule has 0 spiro atoms. The first kappa shape index (κ1) is 12.6. The standard InChI is InChI=1S/C11H13F2NO2/c1-14(2)6-7-4-5-8(12)9(10(7)13)11(15)16-3/h4-5H,6H2,1-3H3. The summed E-state index contributed by atoms with van der Waals surface area (Å²) in [5.74, 6) is -2.77. The monoisotopic (exact) mass is 229 g/mol. The highest BCUT2D eigenvalue weighted by Crippen LogP contribution is 2.18. The van der Waals surface area contributed by atoms with Crippen LogP contribution in [0.2, 0.25) is 0 Å². The van der Waals surface area contributed by atoms with E-state index in [0.29, 0.717) is 0 Å². The topological polar surface area (TPSA) is 29.5 Å². The Hall–Kier alpha value is -1.49. The maximum absolute atomic E-state index is 13.8. The molecular formula is C11H13F2NO2. The van der Waals surface area contributed by atoms with E-state index in [1.165, 1.54) is 6.07 Å². The van der Waals surface area contributed by atoms with Crippen LogP contribution in [-0.2, 0) is 11.3 Å². The van der Waals surface area contributed by atoms with Crippen LogP contribution in [0.15, 0.2) is 12.1 Å². The molecule has 0 heterocycles. The molecule has 0 amide bonds. The number of benzene rings is 1. The van der Waals surface area contributed by atoms with Crippen LogP contribution in [-0.4, -0.2) is 32.1 Å². The van der Waals surface area contributed by atoms with E-state index in [-0.39, 0.29) is 12.1 Å². The summed E-state index contributed by atoms with van der Waals surface area (Å²) >= 11 is 0. The molecule has 0 N–H and O–H groups in total. The number of hydrogen-bond acceptors (Lipinski definition) is 3. The summed E-state index contributed by atoms with van der Waals surface area (Å²) in [5, 5.41) is 0. The van der Waals surface area contributed by atoms with Crippen molar-refractivity contribution in [3.63, 3.8) is 0 Å². The zero-order chi connectivity index (χ0) is 12.3. The van der Waals surface area contributed by atoms with E-state index in [1.807, 2.05) is 0 Å². The molecule has 3 nitrogen and oxygen atoms in total. The van der Waals surface area contributed by atoms with E-state index >= 15 is 0 Å². The molecule has 0 atom stereocenters. The molecular weight excluding hydrogens is 216 g/mol. The first-order chi connectivity index (χ1) is 7.47. The van der Waals surface area contributed by atoms with E-state index in [4.69, 9.17) is 0 Å². The van der Waals surface area contributed by atoms with Gasteiger partial charge in [-0.3, -0.25) is 0 Å². The van der Waals surface area contributed by atoms with Crippen molar-refractivity contribution in [2.24, 2.45) is 0 Å². The number of methoxy groups -OCH3 is 1. The van der Waals surface area contributed by atoms with Crippen LogP contribution in [0.5, 0.6) is 0 Å². The van der Waals surface area contributed by atoms with Gasteiger partial charge < -0.3 is 9.64 Å². The van der Waals surface area contributed by atoms with Crippen LogP contribution in [0.3, 0.4) is 0 Å². The molecule has 0 fully saturated rings. The zero-order valence-corrected chi connectivity index (χ0v) is 9.38. The normalized spacial score (nSPS) is 10.6. The third kappa shape index (κ3) is 2.55. The van der Waals surface area contributed by atoms with Gasteiger partial charge in [-0.05, 0) is 20.2 Å². The van der Waals surface area contributed by atoms with Crippen molar-refractivity contribution in [3.8, 4) is 0 Å². The summed E-state index contributed by atoms with van der Waals surface area (Å²) in [4.78, 5) is 12.9. The molecule has 1 rings (SSSR count). The van der Waals surface area contributed by atoms with Gasteiger partial charge in [-0.2, -0.15) is 0 Å². The fourth-order valence-electron chi connectivity index (χ4n) is 1.35. The molecule has 0 radical (unpaired) electrons. The van der Waals surface area contributed by atoms with Gasteiger partial charge in [0.15, 0.2) is 0 Å². The van der Waals surface area contributed by atoms with Crippen molar-refractivity contribution in [3.05, 3.63) is 34.9 Å². The molecule has 1 aromatic carbocycles. The second kappa shape index (κ2) is 5.03. The van der Waals surface area contributed by atoms with Gasteiger partial charge in [0.1, 0.15) is 17.2 Å². The molecule has 0 saturated carbocycles. The Morgan fingerprint density at radius 3 is 2.50 bits per heavy atom. The third-order valence-electron chi connectivity index (χ3n) is 2.05. The lowest BCUT2D eigenvalue weighted by Gasteiger charge is -2.12. The number of carbonyl (C=O) groups is 1. The molecule has 0 aliphatic rings. The summed E-state index contributed by atoms with van der Waals surface area (Å²) in [5.41, 5.74) is -0.381. The summed E-state index contributed by atoms with van der Waals surface area (Å²) in [6.07, 6.45) is 0. The maximum atomic E-state index is 13.8. The lowest BCUT2D eigenvalue weighted by molar-refractivity contribution is 0.0589. The highest BCUT2D eigenvalue weighted by atomic mass is 19.1. The predicted molar refractivity (Wildman–Crippen MR) is 55.1 cm³/mol. The van der Waals surface area contributed by atoms with Crippen molar-refractivity contribution in [2.75, 3.05) is 21.2 Å². The fraction of sp³-hybridized carbons (Fsp3) is 0.364. The van der Waals surface area contributed by atoms with Crippen molar-refractivity contribution < 1.29 is 18.3 Å². The average Bonchev–Trinajstić information content (AvgIpc) is 2.21. The van der Waals surface area contributed by atoms with Gasteiger partial charge in [0.2, 0.25) is 0 Å². The Bertz CT molecular complexity index is 405. The Labute approximate surface area is 92.6 Å². The van der Waals surface area contributed by atoms with E-state index in [1.54, 1.807) is 19.0 Å². The van der Waals surface area contributed by atoms with Crippen molar-refractivity contribution in [2.45, 2.75) is 6.54 Å². The van der Waals surface area contributed by atoms with Crippen molar-refractivity contribution in [1.82, 2.24) is 4.90 Å². The Morgan fingerprint density at radius 1 is 1.38 bits per heavy atom. The van der Waals surface area contributed by atoms with Crippen LogP contribution in [0.4, 0.5) is 8.78 Å². The predicted octanol–water partition coefficient (Wildman–Crippen LogP) is 1.81. The van der Waals surface area contributed by atoms with Crippen LogP contribution in [0.25, 0.3) is 0 Å². The molecule has 0 aliphatic carbocycles. The Kier molecular flexibility index (Phi) is 3.95. The minimum absolute atomic E-state index is 0.256. The molecule has 0 bridgehead atoms. The summed E-state index contributed by atoms with van der Waals surface area (Å²) in [6, 6.07) is 2.38. The first-order valence-electron chi connectivity index (χ1n) is 4.67. The number of hydrogen-bond donors (Lipinski definition) is 0. The molecule has 5 heteroatoms. The molecule has 0 aliphatic heterocycles.